The van der Waals surface area contributed by atoms with Crippen molar-refractivity contribution in [1.82, 2.24) is 0 Å². The second kappa shape index (κ2) is 4.98. The lowest BCUT2D eigenvalue weighted by Gasteiger charge is -1.98. The summed E-state index contributed by atoms with van der Waals surface area (Å²) < 4.78 is 25.9. The largest absolute Gasteiger partial charge is 0.387 e. The van der Waals surface area contributed by atoms with Crippen LogP contribution in [0.4, 0.5) is 0 Å². The maximum absolute atomic E-state index is 10.7. The van der Waals surface area contributed by atoms with Crippen molar-refractivity contribution in [2.45, 2.75) is 26.7 Å². The molecule has 0 N–H and O–H groups in total. The lowest BCUT2D eigenvalue weighted by Crippen LogP contribution is -1.95. The summed E-state index contributed by atoms with van der Waals surface area (Å²) in [5.74, 6) is 0. The molecule has 70 valence electrons. The Bertz CT molecular complexity index is 262. The van der Waals surface area contributed by atoms with Gasteiger partial charge in [-0.15, -0.1) is 0 Å². The maximum Gasteiger partial charge on any atom is 0.331 e. The van der Waals surface area contributed by atoms with E-state index in [0.29, 0.717) is 0 Å². The van der Waals surface area contributed by atoms with Gasteiger partial charge in [0.25, 0.3) is 0 Å². The molecule has 0 aliphatic rings. The summed E-state index contributed by atoms with van der Waals surface area (Å²) in [5, 5.41) is 0.780. The first-order valence-corrected chi connectivity index (χ1v) is 5.20. The van der Waals surface area contributed by atoms with Crippen molar-refractivity contribution in [1.29, 1.82) is 0 Å². The van der Waals surface area contributed by atoms with Gasteiger partial charge < -0.3 is 4.18 Å². The minimum Gasteiger partial charge on any atom is -0.387 e. The van der Waals surface area contributed by atoms with Crippen LogP contribution in [-0.2, 0) is 14.3 Å². The van der Waals surface area contributed by atoms with Crippen molar-refractivity contribution < 1.29 is 12.6 Å². The summed E-state index contributed by atoms with van der Waals surface area (Å²) in [5.41, 5.74) is 0.905. The van der Waals surface area contributed by atoms with Crippen molar-refractivity contribution >= 4 is 10.1 Å². The molecule has 0 aromatic rings. The summed E-state index contributed by atoms with van der Waals surface area (Å²) in [4.78, 5) is 0. The predicted molar refractivity (Wildman–Crippen MR) is 48.9 cm³/mol. The highest BCUT2D eigenvalue weighted by Crippen LogP contribution is 2.05. The average Bonchev–Trinajstić information content (AvgIpc) is 2.02. The fraction of sp³-hybridized carbons (Fsp3) is 0.500. The Morgan fingerprint density at radius 2 is 2.17 bits per heavy atom. The third-order valence-corrected chi connectivity index (χ3v) is 2.00. The molecule has 0 aliphatic heterocycles. The highest BCUT2D eigenvalue weighted by Gasteiger charge is 2.00. The van der Waals surface area contributed by atoms with Crippen LogP contribution in [0.25, 0.3) is 0 Å². The standard InChI is InChI=1S/C8H14O3S/c1-4-6-8(3)7-11-12(9,10)5-2/h5,7H,2,4,6H2,1,3H3. The van der Waals surface area contributed by atoms with Gasteiger partial charge in [-0.25, -0.2) is 0 Å². The Hall–Kier alpha value is -0.770. The molecule has 0 aromatic carbocycles. The summed E-state index contributed by atoms with van der Waals surface area (Å²) in [6, 6.07) is 0. The fourth-order valence-electron chi connectivity index (χ4n) is 0.642. The monoisotopic (exact) mass is 190 g/mol. The van der Waals surface area contributed by atoms with Crippen LogP contribution < -0.4 is 0 Å². The first-order valence-electron chi connectivity index (χ1n) is 3.73. The maximum atomic E-state index is 10.7. The first-order chi connectivity index (χ1) is 5.52. The van der Waals surface area contributed by atoms with Crippen LogP contribution in [0.3, 0.4) is 0 Å². The molecule has 0 atom stereocenters. The fourth-order valence-corrected chi connectivity index (χ4v) is 1.02. The van der Waals surface area contributed by atoms with E-state index in [1.165, 1.54) is 6.26 Å². The van der Waals surface area contributed by atoms with Crippen LogP contribution in [0.2, 0.25) is 0 Å². The van der Waals surface area contributed by atoms with Gasteiger partial charge in [-0.05, 0) is 18.9 Å². The zero-order valence-corrected chi connectivity index (χ0v) is 8.23. The second-order valence-electron chi connectivity index (χ2n) is 2.47. The van der Waals surface area contributed by atoms with Crippen molar-refractivity contribution in [3.8, 4) is 0 Å². The molecule has 0 fully saturated rings. The second-order valence-corrected chi connectivity index (χ2v) is 3.98. The smallest absolute Gasteiger partial charge is 0.331 e. The Morgan fingerprint density at radius 3 is 2.58 bits per heavy atom. The molecule has 4 heteroatoms. The zero-order chi connectivity index (χ0) is 9.61. The lowest BCUT2D eigenvalue weighted by atomic mass is 10.2. The lowest BCUT2D eigenvalue weighted by molar-refractivity contribution is 0.448. The number of rotatable bonds is 5. The van der Waals surface area contributed by atoms with Gasteiger partial charge in [0, 0.05) is 0 Å². The molecule has 0 aromatic heterocycles. The molecule has 3 nitrogen and oxygen atoms in total. The zero-order valence-electron chi connectivity index (χ0n) is 7.41. The predicted octanol–water partition coefficient (Wildman–Crippen LogP) is 2.18. The van der Waals surface area contributed by atoms with E-state index in [9.17, 15) is 8.42 Å². The number of allylic oxidation sites excluding steroid dienone is 1. The summed E-state index contributed by atoms with van der Waals surface area (Å²) in [6.07, 6.45) is 3.06. The highest BCUT2D eigenvalue weighted by molar-refractivity contribution is 7.89. The van der Waals surface area contributed by atoms with Crippen molar-refractivity contribution in [3.05, 3.63) is 23.8 Å². The van der Waals surface area contributed by atoms with Crippen LogP contribution in [-0.4, -0.2) is 8.42 Å². The van der Waals surface area contributed by atoms with Crippen LogP contribution in [0.5, 0.6) is 0 Å². The quantitative estimate of drug-likeness (QED) is 0.493. The normalized spacial score (nSPS) is 12.7. The third kappa shape index (κ3) is 4.96. The van der Waals surface area contributed by atoms with Crippen molar-refractivity contribution in [2.24, 2.45) is 0 Å². The Morgan fingerprint density at radius 1 is 1.58 bits per heavy atom. The van der Waals surface area contributed by atoms with E-state index >= 15 is 0 Å². The molecule has 0 radical (unpaired) electrons. The van der Waals surface area contributed by atoms with E-state index in [1.807, 2.05) is 13.8 Å². The minimum absolute atomic E-state index is 0.780. The molecule has 0 heterocycles. The Kier molecular flexibility index (Phi) is 4.66. The molecular formula is C8H14O3S. The molecule has 0 rings (SSSR count). The average molecular weight is 190 g/mol. The highest BCUT2D eigenvalue weighted by atomic mass is 32.2. The van der Waals surface area contributed by atoms with Crippen molar-refractivity contribution in [2.75, 3.05) is 0 Å². The van der Waals surface area contributed by atoms with Gasteiger partial charge >= 0.3 is 10.1 Å². The van der Waals surface area contributed by atoms with Gasteiger partial charge in [0.1, 0.15) is 6.26 Å². The minimum atomic E-state index is -3.55. The van der Waals surface area contributed by atoms with Crippen molar-refractivity contribution in [3.63, 3.8) is 0 Å². The van der Waals surface area contributed by atoms with Crippen LogP contribution >= 0.6 is 0 Å². The molecule has 0 amide bonds. The van der Waals surface area contributed by atoms with Gasteiger partial charge in [-0.2, -0.15) is 8.42 Å². The molecular weight excluding hydrogens is 176 g/mol. The molecule has 0 aliphatic carbocycles. The van der Waals surface area contributed by atoms with Gasteiger partial charge in [-0.3, -0.25) is 0 Å². The molecule has 12 heavy (non-hydrogen) atoms. The summed E-state index contributed by atoms with van der Waals surface area (Å²) >= 11 is 0. The van der Waals surface area contributed by atoms with E-state index in [0.717, 1.165) is 23.8 Å². The van der Waals surface area contributed by atoms with Gasteiger partial charge in [0.05, 0.1) is 5.41 Å². The summed E-state index contributed by atoms with van der Waals surface area (Å²) in [6.45, 7) is 6.95. The van der Waals surface area contributed by atoms with Gasteiger partial charge in [-0.1, -0.05) is 19.9 Å². The topological polar surface area (TPSA) is 43.4 Å². The van der Waals surface area contributed by atoms with E-state index in [4.69, 9.17) is 0 Å². The van der Waals surface area contributed by atoms with Gasteiger partial charge in [0.2, 0.25) is 0 Å². The summed E-state index contributed by atoms with van der Waals surface area (Å²) in [7, 11) is -3.55. The third-order valence-electron chi connectivity index (χ3n) is 1.23. The van der Waals surface area contributed by atoms with E-state index in [-0.39, 0.29) is 0 Å². The number of hydrogen-bond donors (Lipinski definition) is 0. The van der Waals surface area contributed by atoms with Crippen LogP contribution in [0.1, 0.15) is 26.7 Å². The van der Waals surface area contributed by atoms with Crippen LogP contribution in [0, 0.1) is 0 Å². The van der Waals surface area contributed by atoms with Crippen LogP contribution in [0.15, 0.2) is 23.8 Å². The molecule has 0 spiro atoms. The molecule has 0 saturated carbocycles. The number of hydrogen-bond acceptors (Lipinski definition) is 3. The van der Waals surface area contributed by atoms with E-state index in [2.05, 4.69) is 10.8 Å². The Balaban J connectivity index is 4.13. The van der Waals surface area contributed by atoms with E-state index < -0.39 is 10.1 Å². The van der Waals surface area contributed by atoms with Gasteiger partial charge in [0.15, 0.2) is 0 Å². The van der Waals surface area contributed by atoms with E-state index in [1.54, 1.807) is 0 Å². The molecule has 0 bridgehead atoms. The first kappa shape index (κ1) is 11.2. The SMILES string of the molecule is C=CS(=O)(=O)OC=C(C)CCC. The molecule has 0 saturated heterocycles. The molecule has 0 unspecified atom stereocenters. The Labute approximate surface area is 73.9 Å².